The molecule has 0 aliphatic carbocycles. The molecule has 1 aromatic carbocycles. The number of thiazole rings is 1. The molecule has 2 heterocycles. The van der Waals surface area contributed by atoms with Gasteiger partial charge in [-0.1, -0.05) is 17.7 Å². The zero-order chi connectivity index (χ0) is 18.7. The van der Waals surface area contributed by atoms with Crippen LogP contribution in [0.3, 0.4) is 0 Å². The van der Waals surface area contributed by atoms with Crippen LogP contribution in [0.2, 0.25) is 5.02 Å². The Hall–Kier alpha value is -1.92. The van der Waals surface area contributed by atoms with E-state index in [1.807, 2.05) is 32.9 Å². The number of benzene rings is 1. The summed E-state index contributed by atoms with van der Waals surface area (Å²) in [6, 6.07) is 3.91. The summed E-state index contributed by atoms with van der Waals surface area (Å²) in [5.41, 5.74) is 4.33. The first-order valence-corrected chi connectivity index (χ1v) is 9.80. The first kappa shape index (κ1) is 18.9. The highest BCUT2D eigenvalue weighted by Gasteiger charge is 2.25. The summed E-state index contributed by atoms with van der Waals surface area (Å²) in [4.78, 5) is 23.8. The highest BCUT2D eigenvalue weighted by Crippen LogP contribution is 2.34. The molecule has 0 atom stereocenters. The number of carbonyl (C=O) groups is 1. The number of hydrogen-bond donors (Lipinski definition) is 0. The van der Waals surface area contributed by atoms with E-state index in [0.29, 0.717) is 24.5 Å². The van der Waals surface area contributed by atoms with E-state index in [-0.39, 0.29) is 6.09 Å². The fraction of sp³-hybridized carbons (Fsp3) is 0.421. The van der Waals surface area contributed by atoms with Crippen molar-refractivity contribution in [2.45, 2.75) is 39.2 Å². The molecule has 0 fully saturated rings. The normalized spacial score (nSPS) is 15.0. The Bertz CT molecular complexity index is 813. The minimum atomic E-state index is -0.496. The Labute approximate surface area is 162 Å². The van der Waals surface area contributed by atoms with E-state index in [1.165, 1.54) is 16.9 Å². The third kappa shape index (κ3) is 4.62. The molecule has 0 saturated carbocycles. The van der Waals surface area contributed by atoms with Crippen molar-refractivity contribution in [2.24, 2.45) is 4.99 Å². The van der Waals surface area contributed by atoms with Gasteiger partial charge < -0.3 is 9.64 Å². The molecule has 0 saturated heterocycles. The van der Waals surface area contributed by atoms with E-state index >= 15 is 0 Å². The number of amides is 1. The molecule has 2 aromatic rings. The van der Waals surface area contributed by atoms with Gasteiger partial charge in [0.1, 0.15) is 5.60 Å². The summed E-state index contributed by atoms with van der Waals surface area (Å²) < 4.78 is 5.51. The van der Waals surface area contributed by atoms with Gasteiger partial charge in [-0.2, -0.15) is 0 Å². The standard InChI is InChI=1S/C19H22ClN3O2S/c1-19(2,3)25-18(24)23-8-6-13-4-5-16(20)17(15(13)7-9-23)22-11-14-10-21-12-26-14/h4-5,10-12H,6-9H2,1-3H3. The van der Waals surface area contributed by atoms with Crippen LogP contribution in [0.25, 0.3) is 0 Å². The lowest BCUT2D eigenvalue weighted by Gasteiger charge is -2.26. The molecule has 0 bridgehead atoms. The lowest BCUT2D eigenvalue weighted by molar-refractivity contribution is 0.0258. The van der Waals surface area contributed by atoms with Crippen LogP contribution in [0.4, 0.5) is 10.5 Å². The van der Waals surface area contributed by atoms with Gasteiger partial charge >= 0.3 is 6.09 Å². The molecule has 1 aromatic heterocycles. The average molecular weight is 392 g/mol. The van der Waals surface area contributed by atoms with Gasteiger partial charge in [-0.15, -0.1) is 11.3 Å². The molecule has 26 heavy (non-hydrogen) atoms. The number of aliphatic imine (C=N–C) groups is 1. The van der Waals surface area contributed by atoms with Crippen LogP contribution in [-0.4, -0.2) is 40.9 Å². The van der Waals surface area contributed by atoms with Crippen LogP contribution < -0.4 is 0 Å². The Kier molecular flexibility index (Phi) is 5.63. The Balaban J connectivity index is 1.81. The Morgan fingerprint density at radius 2 is 2.12 bits per heavy atom. The number of aromatic nitrogens is 1. The summed E-state index contributed by atoms with van der Waals surface area (Å²) in [5, 5.41) is 0.621. The predicted octanol–water partition coefficient (Wildman–Crippen LogP) is 4.88. The van der Waals surface area contributed by atoms with E-state index in [4.69, 9.17) is 16.3 Å². The number of hydrogen-bond acceptors (Lipinski definition) is 5. The predicted molar refractivity (Wildman–Crippen MR) is 106 cm³/mol. The van der Waals surface area contributed by atoms with E-state index < -0.39 is 5.60 Å². The number of carbonyl (C=O) groups excluding carboxylic acids is 1. The molecule has 1 aliphatic rings. The van der Waals surface area contributed by atoms with Crippen molar-refractivity contribution in [3.05, 3.63) is 44.9 Å². The molecule has 1 aliphatic heterocycles. The lowest BCUT2D eigenvalue weighted by atomic mass is 10.0. The van der Waals surface area contributed by atoms with Crippen molar-refractivity contribution in [2.75, 3.05) is 13.1 Å². The molecular formula is C19H22ClN3O2S. The van der Waals surface area contributed by atoms with E-state index in [0.717, 1.165) is 22.5 Å². The van der Waals surface area contributed by atoms with Crippen LogP contribution in [0.1, 0.15) is 36.8 Å². The second-order valence-corrected chi connectivity index (χ2v) is 8.49. The SMILES string of the molecule is CC(C)(C)OC(=O)N1CCc2ccc(Cl)c(N=Cc3cncs3)c2CC1. The number of fused-ring (bicyclic) bond motifs is 1. The zero-order valence-corrected chi connectivity index (χ0v) is 16.7. The van der Waals surface area contributed by atoms with Gasteiger partial charge in [0.25, 0.3) is 0 Å². The van der Waals surface area contributed by atoms with Crippen molar-refractivity contribution in [3.8, 4) is 0 Å². The van der Waals surface area contributed by atoms with Crippen LogP contribution in [-0.2, 0) is 17.6 Å². The smallest absolute Gasteiger partial charge is 0.410 e. The topological polar surface area (TPSA) is 54.8 Å². The van der Waals surface area contributed by atoms with Crippen molar-refractivity contribution < 1.29 is 9.53 Å². The van der Waals surface area contributed by atoms with E-state index in [2.05, 4.69) is 9.98 Å². The maximum atomic E-state index is 12.4. The van der Waals surface area contributed by atoms with Crippen LogP contribution in [0, 0.1) is 0 Å². The molecule has 0 radical (unpaired) electrons. The third-order valence-corrected chi connectivity index (χ3v) is 5.05. The average Bonchev–Trinajstić information content (AvgIpc) is 2.97. The van der Waals surface area contributed by atoms with Crippen molar-refractivity contribution in [1.82, 2.24) is 9.88 Å². The second kappa shape index (κ2) is 7.76. The summed E-state index contributed by atoms with van der Waals surface area (Å²) >= 11 is 7.94. The van der Waals surface area contributed by atoms with Crippen molar-refractivity contribution in [1.29, 1.82) is 0 Å². The minimum Gasteiger partial charge on any atom is -0.444 e. The third-order valence-electron chi connectivity index (χ3n) is 4.04. The number of nitrogens with zero attached hydrogens (tertiary/aromatic N) is 3. The summed E-state index contributed by atoms with van der Waals surface area (Å²) in [7, 11) is 0. The van der Waals surface area contributed by atoms with Gasteiger partial charge in [0.2, 0.25) is 0 Å². The molecule has 7 heteroatoms. The minimum absolute atomic E-state index is 0.272. The largest absolute Gasteiger partial charge is 0.444 e. The quantitative estimate of drug-likeness (QED) is 0.685. The number of rotatable bonds is 2. The van der Waals surface area contributed by atoms with Gasteiger partial charge in [-0.05, 0) is 50.8 Å². The number of ether oxygens (including phenoxy) is 1. The molecule has 0 unspecified atom stereocenters. The molecule has 3 rings (SSSR count). The summed E-state index contributed by atoms with van der Waals surface area (Å²) in [6.07, 6.45) is 4.74. The van der Waals surface area contributed by atoms with E-state index in [1.54, 1.807) is 22.8 Å². The highest BCUT2D eigenvalue weighted by atomic mass is 35.5. The fourth-order valence-electron chi connectivity index (χ4n) is 2.84. The van der Waals surface area contributed by atoms with Gasteiger partial charge in [-0.3, -0.25) is 9.98 Å². The van der Waals surface area contributed by atoms with Crippen molar-refractivity contribution in [3.63, 3.8) is 0 Å². The van der Waals surface area contributed by atoms with Crippen LogP contribution >= 0.6 is 22.9 Å². The summed E-state index contributed by atoms with van der Waals surface area (Å²) in [5.74, 6) is 0. The zero-order valence-electron chi connectivity index (χ0n) is 15.2. The molecular weight excluding hydrogens is 370 g/mol. The maximum absolute atomic E-state index is 12.4. The van der Waals surface area contributed by atoms with Crippen LogP contribution in [0.15, 0.2) is 28.8 Å². The first-order valence-electron chi connectivity index (χ1n) is 8.54. The fourth-order valence-corrected chi connectivity index (χ4v) is 3.55. The Morgan fingerprint density at radius 3 is 2.81 bits per heavy atom. The Morgan fingerprint density at radius 1 is 1.35 bits per heavy atom. The second-order valence-electron chi connectivity index (χ2n) is 7.16. The van der Waals surface area contributed by atoms with Gasteiger partial charge in [0, 0.05) is 25.5 Å². The monoisotopic (exact) mass is 391 g/mol. The molecule has 138 valence electrons. The van der Waals surface area contributed by atoms with Gasteiger partial charge in [0.15, 0.2) is 0 Å². The van der Waals surface area contributed by atoms with E-state index in [9.17, 15) is 4.79 Å². The number of halogens is 1. The molecule has 0 N–H and O–H groups in total. The first-order chi connectivity index (χ1) is 12.3. The van der Waals surface area contributed by atoms with Crippen LogP contribution in [0.5, 0.6) is 0 Å². The molecule has 1 amide bonds. The van der Waals surface area contributed by atoms with Gasteiger partial charge in [0.05, 0.1) is 21.1 Å². The summed E-state index contributed by atoms with van der Waals surface area (Å²) in [6.45, 7) is 6.85. The molecule has 0 spiro atoms. The van der Waals surface area contributed by atoms with Gasteiger partial charge in [-0.25, -0.2) is 4.79 Å². The molecule has 5 nitrogen and oxygen atoms in total. The van der Waals surface area contributed by atoms with Crippen molar-refractivity contribution >= 4 is 40.9 Å². The lowest BCUT2D eigenvalue weighted by Crippen LogP contribution is -2.38. The maximum Gasteiger partial charge on any atom is 0.410 e. The highest BCUT2D eigenvalue weighted by molar-refractivity contribution is 7.11.